The first-order valence-corrected chi connectivity index (χ1v) is 6.16. The van der Waals surface area contributed by atoms with Gasteiger partial charge in [0.2, 0.25) is 0 Å². The summed E-state index contributed by atoms with van der Waals surface area (Å²) in [5.41, 5.74) is 0. The molecule has 0 amide bonds. The summed E-state index contributed by atoms with van der Waals surface area (Å²) in [6.07, 6.45) is 3.53. The molecule has 4 heteroatoms. The van der Waals surface area contributed by atoms with Crippen molar-refractivity contribution in [1.82, 2.24) is 4.98 Å². The molecule has 2 rings (SSSR count). The molecule has 2 unspecified atom stereocenters. The fourth-order valence-corrected chi connectivity index (χ4v) is 2.16. The first-order valence-electron chi connectivity index (χ1n) is 5.78. The molecule has 0 aliphatic carbocycles. The Morgan fingerprint density at radius 3 is 3.19 bits per heavy atom. The molecule has 1 saturated heterocycles. The largest absolute Gasteiger partial charge is 0.378 e. The minimum Gasteiger partial charge on any atom is -0.378 e. The fraction of sp³-hybridized carbons (Fsp3) is 0.583. The Labute approximate surface area is 101 Å². The third-order valence-corrected chi connectivity index (χ3v) is 3.10. The van der Waals surface area contributed by atoms with Gasteiger partial charge < -0.3 is 10.1 Å². The summed E-state index contributed by atoms with van der Waals surface area (Å²) in [5, 5.41) is 3.94. The zero-order chi connectivity index (χ0) is 11.4. The fourth-order valence-electron chi connectivity index (χ4n) is 1.99. The number of hydrogen-bond donors (Lipinski definition) is 1. The summed E-state index contributed by atoms with van der Waals surface area (Å²) in [7, 11) is 0. The molecule has 0 aromatic carbocycles. The highest BCUT2D eigenvalue weighted by Gasteiger charge is 2.21. The summed E-state index contributed by atoms with van der Waals surface area (Å²) < 4.78 is 5.63. The van der Waals surface area contributed by atoms with E-state index in [4.69, 9.17) is 16.3 Å². The van der Waals surface area contributed by atoms with Crippen molar-refractivity contribution in [3.63, 3.8) is 0 Å². The summed E-state index contributed by atoms with van der Waals surface area (Å²) in [6, 6.07) is 6.09. The molecule has 2 atom stereocenters. The molecule has 0 saturated carbocycles. The second kappa shape index (κ2) is 5.51. The summed E-state index contributed by atoms with van der Waals surface area (Å²) in [4.78, 5) is 4.23. The van der Waals surface area contributed by atoms with Gasteiger partial charge in [0.25, 0.3) is 0 Å². The molecule has 0 spiro atoms. The van der Waals surface area contributed by atoms with E-state index in [1.165, 1.54) is 0 Å². The molecule has 3 nitrogen and oxygen atoms in total. The SMILES string of the molecule is CCC1CC(Nc2cccc(Cl)n2)CCO1. The molecular weight excluding hydrogens is 224 g/mol. The van der Waals surface area contributed by atoms with Gasteiger partial charge in [-0.05, 0) is 31.4 Å². The third kappa shape index (κ3) is 3.09. The lowest BCUT2D eigenvalue weighted by molar-refractivity contribution is 0.00921. The number of halogens is 1. The van der Waals surface area contributed by atoms with Crippen LogP contribution in [0, 0.1) is 0 Å². The van der Waals surface area contributed by atoms with Crippen molar-refractivity contribution >= 4 is 17.4 Å². The highest BCUT2D eigenvalue weighted by molar-refractivity contribution is 6.29. The minimum atomic E-state index is 0.380. The highest BCUT2D eigenvalue weighted by Crippen LogP contribution is 2.20. The third-order valence-electron chi connectivity index (χ3n) is 2.89. The van der Waals surface area contributed by atoms with Crippen molar-refractivity contribution < 1.29 is 4.74 Å². The Balaban J connectivity index is 1.94. The lowest BCUT2D eigenvalue weighted by Gasteiger charge is -2.29. The van der Waals surface area contributed by atoms with E-state index in [9.17, 15) is 0 Å². The molecule has 1 aromatic heterocycles. The van der Waals surface area contributed by atoms with Gasteiger partial charge in [-0.1, -0.05) is 24.6 Å². The smallest absolute Gasteiger partial charge is 0.131 e. The van der Waals surface area contributed by atoms with Gasteiger partial charge in [0.15, 0.2) is 0 Å². The van der Waals surface area contributed by atoms with Crippen LogP contribution in [-0.2, 0) is 4.74 Å². The molecule has 1 aromatic rings. The van der Waals surface area contributed by atoms with Crippen LogP contribution in [0.3, 0.4) is 0 Å². The molecule has 16 heavy (non-hydrogen) atoms. The standard InChI is InChI=1S/C12H17ClN2O/c1-2-10-8-9(6-7-16-10)14-12-5-3-4-11(13)15-12/h3-5,9-10H,2,6-8H2,1H3,(H,14,15). The maximum absolute atomic E-state index is 5.84. The first-order chi connectivity index (χ1) is 7.78. The lowest BCUT2D eigenvalue weighted by atomic mass is 10.0. The molecule has 2 heterocycles. The van der Waals surface area contributed by atoms with Crippen LogP contribution in [0.15, 0.2) is 18.2 Å². The van der Waals surface area contributed by atoms with Gasteiger partial charge in [-0.25, -0.2) is 4.98 Å². The molecule has 88 valence electrons. The van der Waals surface area contributed by atoms with E-state index in [1.54, 1.807) is 6.07 Å². The Morgan fingerprint density at radius 2 is 2.44 bits per heavy atom. The van der Waals surface area contributed by atoms with E-state index >= 15 is 0 Å². The Kier molecular flexibility index (Phi) is 4.02. The molecule has 0 bridgehead atoms. The molecule has 0 radical (unpaired) electrons. The molecule has 1 aliphatic rings. The minimum absolute atomic E-state index is 0.380. The number of aromatic nitrogens is 1. The normalized spacial score (nSPS) is 25.4. The van der Waals surface area contributed by atoms with Gasteiger partial charge in [0.05, 0.1) is 6.10 Å². The van der Waals surface area contributed by atoms with Crippen molar-refractivity contribution in [2.24, 2.45) is 0 Å². The number of ether oxygens (including phenoxy) is 1. The first kappa shape index (κ1) is 11.7. The quantitative estimate of drug-likeness (QED) is 0.825. The number of rotatable bonds is 3. The average molecular weight is 241 g/mol. The summed E-state index contributed by atoms with van der Waals surface area (Å²) >= 11 is 5.84. The van der Waals surface area contributed by atoms with Crippen molar-refractivity contribution in [2.45, 2.75) is 38.3 Å². The van der Waals surface area contributed by atoms with Crippen molar-refractivity contribution in [1.29, 1.82) is 0 Å². The van der Waals surface area contributed by atoms with Gasteiger partial charge in [0.1, 0.15) is 11.0 Å². The maximum atomic E-state index is 5.84. The van der Waals surface area contributed by atoms with E-state index in [0.29, 0.717) is 17.3 Å². The van der Waals surface area contributed by atoms with Gasteiger partial charge >= 0.3 is 0 Å². The number of hydrogen-bond acceptors (Lipinski definition) is 3. The van der Waals surface area contributed by atoms with E-state index in [2.05, 4.69) is 17.2 Å². The lowest BCUT2D eigenvalue weighted by Crippen LogP contribution is -2.33. The van der Waals surface area contributed by atoms with Crippen LogP contribution in [0.4, 0.5) is 5.82 Å². The van der Waals surface area contributed by atoms with Crippen LogP contribution in [-0.4, -0.2) is 23.7 Å². The molecule has 1 fully saturated rings. The van der Waals surface area contributed by atoms with Crippen LogP contribution in [0.1, 0.15) is 26.2 Å². The van der Waals surface area contributed by atoms with Crippen LogP contribution in [0.5, 0.6) is 0 Å². The predicted octanol–water partition coefficient (Wildman–Crippen LogP) is 3.10. The monoisotopic (exact) mass is 240 g/mol. The molecule has 1 aliphatic heterocycles. The number of nitrogens with one attached hydrogen (secondary N) is 1. The van der Waals surface area contributed by atoms with Gasteiger partial charge in [0, 0.05) is 12.6 Å². The van der Waals surface area contributed by atoms with Crippen LogP contribution >= 0.6 is 11.6 Å². The topological polar surface area (TPSA) is 34.2 Å². The second-order valence-electron chi connectivity index (χ2n) is 4.11. The Bertz CT molecular complexity index is 346. The van der Waals surface area contributed by atoms with E-state index in [0.717, 1.165) is 31.7 Å². The Hall–Kier alpha value is -0.800. The Morgan fingerprint density at radius 1 is 1.56 bits per heavy atom. The van der Waals surface area contributed by atoms with Crippen molar-refractivity contribution in [2.75, 3.05) is 11.9 Å². The van der Waals surface area contributed by atoms with Crippen molar-refractivity contribution in [3.05, 3.63) is 23.4 Å². The van der Waals surface area contributed by atoms with Crippen molar-refractivity contribution in [3.8, 4) is 0 Å². The number of anilines is 1. The van der Waals surface area contributed by atoms with Crippen LogP contribution in [0.2, 0.25) is 5.15 Å². The summed E-state index contributed by atoms with van der Waals surface area (Å²) in [6.45, 7) is 2.99. The number of pyridine rings is 1. The van der Waals surface area contributed by atoms with Crippen LogP contribution in [0.25, 0.3) is 0 Å². The van der Waals surface area contributed by atoms with E-state index < -0.39 is 0 Å². The summed E-state index contributed by atoms with van der Waals surface area (Å²) in [5.74, 6) is 0.856. The van der Waals surface area contributed by atoms with Crippen LogP contribution < -0.4 is 5.32 Å². The zero-order valence-corrected chi connectivity index (χ0v) is 10.2. The average Bonchev–Trinajstić information content (AvgIpc) is 2.29. The second-order valence-corrected chi connectivity index (χ2v) is 4.50. The van der Waals surface area contributed by atoms with Gasteiger partial charge in [-0.3, -0.25) is 0 Å². The molecular formula is C12H17ClN2O. The predicted molar refractivity (Wildman–Crippen MR) is 65.9 cm³/mol. The number of nitrogens with zero attached hydrogens (tertiary/aromatic N) is 1. The van der Waals surface area contributed by atoms with Gasteiger partial charge in [-0.15, -0.1) is 0 Å². The zero-order valence-electron chi connectivity index (χ0n) is 9.45. The van der Waals surface area contributed by atoms with Gasteiger partial charge in [-0.2, -0.15) is 0 Å². The van der Waals surface area contributed by atoms with E-state index in [1.807, 2.05) is 12.1 Å². The van der Waals surface area contributed by atoms with E-state index in [-0.39, 0.29) is 0 Å². The highest BCUT2D eigenvalue weighted by atomic mass is 35.5. The maximum Gasteiger partial charge on any atom is 0.131 e. The molecule has 1 N–H and O–H groups in total.